The number of rotatable bonds is 9. The van der Waals surface area contributed by atoms with Crippen LogP contribution in [-0.2, 0) is 0 Å². The minimum absolute atomic E-state index is 0.592. The first-order chi connectivity index (χ1) is 43.6. The maximum atomic E-state index is 5.34. The highest BCUT2D eigenvalue weighted by Gasteiger charge is 2.23. The Morgan fingerprint density at radius 3 is 1.01 bits per heavy atom. The summed E-state index contributed by atoms with van der Waals surface area (Å²) in [6.07, 6.45) is 0. The van der Waals surface area contributed by atoms with Crippen LogP contribution in [0.1, 0.15) is 0 Å². The number of nitrogens with zero attached hydrogens (tertiary/aromatic N) is 7. The van der Waals surface area contributed by atoms with E-state index in [1.165, 1.54) is 59.7 Å². The van der Waals surface area contributed by atoms with Crippen molar-refractivity contribution in [1.82, 2.24) is 33.2 Å². The van der Waals surface area contributed by atoms with Crippen LogP contribution in [0.5, 0.6) is 0 Å². The predicted molar refractivity (Wildman–Crippen MR) is 364 cm³/mol. The van der Waals surface area contributed by atoms with E-state index < -0.39 is 0 Å². The molecular weight excluding hydrogens is 1070 g/mol. The molecule has 88 heavy (non-hydrogen) atoms. The smallest absolute Gasteiger partial charge is 0.164 e. The van der Waals surface area contributed by atoms with Crippen molar-refractivity contribution in [1.29, 1.82) is 0 Å². The average molecular weight is 1120 g/mol. The van der Waals surface area contributed by atoms with Crippen LogP contribution in [0.3, 0.4) is 0 Å². The Morgan fingerprint density at radius 1 is 0.170 bits per heavy atom. The highest BCUT2D eigenvalue weighted by molar-refractivity contribution is 6.14. The van der Waals surface area contributed by atoms with Gasteiger partial charge in [0.05, 0.1) is 55.5 Å². The number of hydrogen-bond acceptors (Lipinski definition) is 3. The fraction of sp³-hybridized carbons (Fsp3) is 0. The summed E-state index contributed by atoms with van der Waals surface area (Å²) in [5.74, 6) is 1.80. The second-order valence-electron chi connectivity index (χ2n) is 22.8. The predicted octanol–water partition coefficient (Wildman–Crippen LogP) is 20.6. The van der Waals surface area contributed by atoms with Gasteiger partial charge in [-0.3, -0.25) is 0 Å². The molecular formula is C81H51N7. The Labute approximate surface area is 506 Å². The van der Waals surface area contributed by atoms with E-state index in [2.05, 4.69) is 309 Å². The second kappa shape index (κ2) is 19.8. The summed E-state index contributed by atoms with van der Waals surface area (Å²) in [4.78, 5) is 15.8. The molecule has 0 fully saturated rings. The summed E-state index contributed by atoms with van der Waals surface area (Å²) in [5.41, 5.74) is 20.6. The highest BCUT2D eigenvalue weighted by Crippen LogP contribution is 2.43. The van der Waals surface area contributed by atoms with Gasteiger partial charge in [-0.2, -0.15) is 0 Å². The fourth-order valence-corrected chi connectivity index (χ4v) is 13.8. The quantitative estimate of drug-likeness (QED) is 0.145. The Kier molecular flexibility index (Phi) is 11.2. The molecule has 7 heteroatoms. The summed E-state index contributed by atoms with van der Waals surface area (Å²) < 4.78 is 9.65. The van der Waals surface area contributed by atoms with Gasteiger partial charge in [0.15, 0.2) is 17.5 Å². The first-order valence-electron chi connectivity index (χ1n) is 29.9. The van der Waals surface area contributed by atoms with E-state index in [0.717, 1.165) is 89.2 Å². The first-order valence-corrected chi connectivity index (χ1v) is 29.9. The molecule has 0 spiro atoms. The Morgan fingerprint density at radius 2 is 0.489 bits per heavy atom. The van der Waals surface area contributed by atoms with Crippen LogP contribution in [0, 0.1) is 0 Å². The molecule has 0 N–H and O–H groups in total. The van der Waals surface area contributed by atoms with Crippen LogP contribution >= 0.6 is 0 Å². The molecule has 13 aromatic carbocycles. The standard InChI is InChI=1S/C81H51N7/c1-3-21-52(22-4-1)79-82-80(84-81(83-79)58-25-20-28-60(48-58)86-69-35-13-7-29-61(69)62-30-8-14-36-70(62)86)57-24-19-23-53(47-57)56-43-46-77(87-72-38-16-9-31-63(72)64-32-10-17-39-73(64)87)78(51-56)88-74-40-18-12-34-66(74)68-50-55(42-45-76(68)88)54-41-44-75-67(49-54)65-33-11-15-37-71(65)85(75)59-26-5-2-6-27-59/h1-51H. The molecule has 5 aromatic heterocycles. The van der Waals surface area contributed by atoms with Crippen molar-refractivity contribution >= 4 is 87.2 Å². The molecule has 0 unspecified atom stereocenters. The van der Waals surface area contributed by atoms with E-state index >= 15 is 0 Å². The summed E-state index contributed by atoms with van der Waals surface area (Å²) in [5, 5.41) is 9.67. The van der Waals surface area contributed by atoms with Gasteiger partial charge >= 0.3 is 0 Å². The molecule has 0 saturated heterocycles. The SMILES string of the molecule is c1ccc(-c2nc(-c3cccc(-c4ccc(-n5c6ccccc6c6ccccc65)c(-n5c6ccccc6c6cc(-c7ccc8c(c7)c7ccccc7n8-c7ccccc7)ccc65)c4)c3)nc(-c3cccc(-n4c5ccccc5c5ccccc54)c3)n2)cc1. The average Bonchev–Trinajstić information content (AvgIpc) is 1.87. The lowest BCUT2D eigenvalue weighted by Crippen LogP contribution is -2.04. The summed E-state index contributed by atoms with van der Waals surface area (Å²) in [7, 11) is 0. The van der Waals surface area contributed by atoms with Crippen LogP contribution in [0.15, 0.2) is 309 Å². The molecule has 0 aliphatic carbocycles. The van der Waals surface area contributed by atoms with E-state index in [0.29, 0.717) is 17.5 Å². The molecule has 5 heterocycles. The van der Waals surface area contributed by atoms with Crippen LogP contribution in [0.4, 0.5) is 0 Å². The summed E-state index contributed by atoms with van der Waals surface area (Å²) in [6.45, 7) is 0. The largest absolute Gasteiger partial charge is 0.309 e. The molecule has 7 nitrogen and oxygen atoms in total. The lowest BCUT2D eigenvalue weighted by molar-refractivity contribution is 1.07. The minimum atomic E-state index is 0.592. The van der Waals surface area contributed by atoms with Crippen LogP contribution in [-0.4, -0.2) is 33.2 Å². The zero-order valence-corrected chi connectivity index (χ0v) is 47.6. The summed E-state index contributed by atoms with van der Waals surface area (Å²) >= 11 is 0. The third-order valence-corrected chi connectivity index (χ3v) is 17.8. The lowest BCUT2D eigenvalue weighted by atomic mass is 10.0. The normalized spacial score (nSPS) is 11.9. The monoisotopic (exact) mass is 1120 g/mol. The topological polar surface area (TPSA) is 58.4 Å². The van der Waals surface area contributed by atoms with E-state index in [1.54, 1.807) is 0 Å². The van der Waals surface area contributed by atoms with Crippen molar-refractivity contribution in [2.75, 3.05) is 0 Å². The van der Waals surface area contributed by atoms with Crippen molar-refractivity contribution in [3.05, 3.63) is 309 Å². The van der Waals surface area contributed by atoms with Crippen molar-refractivity contribution in [3.63, 3.8) is 0 Å². The molecule has 0 atom stereocenters. The van der Waals surface area contributed by atoms with Gasteiger partial charge in [-0.1, -0.05) is 206 Å². The fourth-order valence-electron chi connectivity index (χ4n) is 13.8. The lowest BCUT2D eigenvalue weighted by Gasteiger charge is -2.18. The Hall–Kier alpha value is -11.9. The van der Waals surface area contributed by atoms with Gasteiger partial charge in [0.25, 0.3) is 0 Å². The molecule has 0 aliphatic heterocycles. The van der Waals surface area contributed by atoms with Crippen LogP contribution in [0.2, 0.25) is 0 Å². The molecule has 0 bridgehead atoms. The number of benzene rings is 13. The second-order valence-corrected chi connectivity index (χ2v) is 22.8. The van der Waals surface area contributed by atoms with Gasteiger partial charge in [-0.05, 0) is 125 Å². The number of hydrogen-bond donors (Lipinski definition) is 0. The van der Waals surface area contributed by atoms with E-state index in [4.69, 9.17) is 15.0 Å². The molecule has 0 aliphatic rings. The van der Waals surface area contributed by atoms with Crippen molar-refractivity contribution in [2.24, 2.45) is 0 Å². The van der Waals surface area contributed by atoms with E-state index in [9.17, 15) is 0 Å². The first kappa shape index (κ1) is 49.5. The molecule has 18 rings (SSSR count). The molecule has 18 aromatic rings. The molecule has 410 valence electrons. The van der Waals surface area contributed by atoms with Crippen LogP contribution < -0.4 is 0 Å². The van der Waals surface area contributed by atoms with Gasteiger partial charge in [0, 0.05) is 71.2 Å². The van der Waals surface area contributed by atoms with Gasteiger partial charge in [0.1, 0.15) is 0 Å². The van der Waals surface area contributed by atoms with E-state index in [1.807, 2.05) is 18.2 Å². The summed E-state index contributed by atoms with van der Waals surface area (Å²) in [6, 6.07) is 111. The Balaban J connectivity index is 0.806. The van der Waals surface area contributed by atoms with Crippen LogP contribution in [0.25, 0.3) is 166 Å². The van der Waals surface area contributed by atoms with Crippen molar-refractivity contribution in [2.45, 2.75) is 0 Å². The van der Waals surface area contributed by atoms with Gasteiger partial charge in [0.2, 0.25) is 0 Å². The Bertz CT molecular complexity index is 5720. The molecule has 0 saturated carbocycles. The van der Waals surface area contributed by atoms with E-state index in [-0.39, 0.29) is 0 Å². The number of aromatic nitrogens is 7. The third-order valence-electron chi connectivity index (χ3n) is 17.8. The number of para-hydroxylation sites is 7. The van der Waals surface area contributed by atoms with Gasteiger partial charge in [-0.25, -0.2) is 15.0 Å². The van der Waals surface area contributed by atoms with Gasteiger partial charge < -0.3 is 18.3 Å². The highest BCUT2D eigenvalue weighted by atomic mass is 15.1. The minimum Gasteiger partial charge on any atom is -0.309 e. The molecule has 0 amide bonds. The van der Waals surface area contributed by atoms with Crippen molar-refractivity contribution < 1.29 is 0 Å². The molecule has 0 radical (unpaired) electrons. The number of fused-ring (bicyclic) bond motifs is 12. The van der Waals surface area contributed by atoms with Gasteiger partial charge in [-0.15, -0.1) is 0 Å². The zero-order chi connectivity index (χ0) is 57.8. The third kappa shape index (κ3) is 7.81. The maximum Gasteiger partial charge on any atom is 0.164 e. The van der Waals surface area contributed by atoms with Crippen molar-refractivity contribution in [3.8, 4) is 79.2 Å². The zero-order valence-electron chi connectivity index (χ0n) is 47.6. The maximum absolute atomic E-state index is 5.34.